The van der Waals surface area contributed by atoms with E-state index < -0.39 is 11.9 Å². The first kappa shape index (κ1) is 43.1. The standard InChI is InChI=1S/C50H55N7O9/c1-28-41(44-46(53-28)45(52-26-51-44)42-38(64-25-30-9-10-30)17-18-39-47(42)66-27-65-39)48(58)54-36(23-29-11-14-33(61-2)15-12-29)50(60)56-21-19-32(20-22-56)57-49(59)35-8-6-5-7-34(35)43(55-57)31-13-16-37(62-3)40(24-31)63-4/h11-18,24,26,30,32,34-36,53H,5-10,19-23,25,27H2,1-4H3,(H,54,58)/t34-,35+,36-/m0/s1. The summed E-state index contributed by atoms with van der Waals surface area (Å²) >= 11 is 0. The average Bonchev–Trinajstić information content (AvgIpc) is 3.95. The fraction of sp³-hybridized carbons (Fsp3) is 0.440. The van der Waals surface area contributed by atoms with Crippen molar-refractivity contribution in [2.45, 2.75) is 76.8 Å². The number of amides is 3. The van der Waals surface area contributed by atoms with Gasteiger partial charge >= 0.3 is 0 Å². The van der Waals surface area contributed by atoms with Crippen molar-refractivity contribution in [1.29, 1.82) is 0 Å². The van der Waals surface area contributed by atoms with E-state index in [0.717, 1.165) is 55.4 Å². The van der Waals surface area contributed by atoms with Crippen LogP contribution >= 0.6 is 0 Å². The van der Waals surface area contributed by atoms with Gasteiger partial charge in [-0.2, -0.15) is 5.10 Å². The molecule has 0 spiro atoms. The number of fused-ring (bicyclic) bond motifs is 3. The van der Waals surface area contributed by atoms with Crippen LogP contribution in [0.15, 0.2) is 66.0 Å². The van der Waals surface area contributed by atoms with E-state index in [2.05, 4.69) is 20.3 Å². The van der Waals surface area contributed by atoms with Gasteiger partial charge in [-0.3, -0.25) is 14.4 Å². The third-order valence-electron chi connectivity index (χ3n) is 13.8. The predicted octanol–water partition coefficient (Wildman–Crippen LogP) is 6.86. The molecule has 16 heteroatoms. The molecule has 2 aromatic heterocycles. The first-order valence-electron chi connectivity index (χ1n) is 23.0. The molecule has 0 radical (unpaired) electrons. The molecule has 0 bridgehead atoms. The van der Waals surface area contributed by atoms with E-state index in [-0.39, 0.29) is 42.9 Å². The predicted molar refractivity (Wildman–Crippen MR) is 244 cm³/mol. The first-order valence-corrected chi connectivity index (χ1v) is 23.0. The zero-order valence-electron chi connectivity index (χ0n) is 37.8. The molecule has 3 fully saturated rings. The Balaban J connectivity index is 0.911. The lowest BCUT2D eigenvalue weighted by molar-refractivity contribution is -0.143. The maximum absolute atomic E-state index is 14.7. The van der Waals surface area contributed by atoms with Crippen molar-refractivity contribution in [2.24, 2.45) is 22.9 Å². The highest BCUT2D eigenvalue weighted by Crippen LogP contribution is 2.49. The number of likely N-dealkylation sites (tertiary alicyclic amines) is 1. The molecule has 3 aliphatic heterocycles. The number of methoxy groups -OCH3 is 3. The summed E-state index contributed by atoms with van der Waals surface area (Å²) in [6, 6.07) is 15.9. The van der Waals surface area contributed by atoms with Crippen molar-refractivity contribution in [1.82, 2.24) is 30.2 Å². The van der Waals surface area contributed by atoms with E-state index >= 15 is 0 Å². The van der Waals surface area contributed by atoms with E-state index in [1.54, 1.807) is 38.2 Å². The van der Waals surface area contributed by atoms with Crippen molar-refractivity contribution in [3.63, 3.8) is 0 Å². The molecular weight excluding hydrogens is 843 g/mol. The second kappa shape index (κ2) is 18.2. The normalized spacial score (nSPS) is 19.8. The van der Waals surface area contributed by atoms with Crippen molar-refractivity contribution in [3.8, 4) is 45.8 Å². The van der Waals surface area contributed by atoms with Crippen LogP contribution in [0.1, 0.15) is 78.5 Å². The Morgan fingerprint density at radius 3 is 2.36 bits per heavy atom. The number of hydrogen-bond acceptors (Lipinski definition) is 12. The maximum Gasteiger partial charge on any atom is 0.255 e. The first-order chi connectivity index (χ1) is 32.2. The number of H-pyrrole nitrogens is 1. The third kappa shape index (κ3) is 8.21. The van der Waals surface area contributed by atoms with Crippen molar-refractivity contribution in [3.05, 3.63) is 83.3 Å². The van der Waals surface area contributed by atoms with Crippen LogP contribution in [0.3, 0.4) is 0 Å². The van der Waals surface area contributed by atoms with Crippen molar-refractivity contribution < 1.29 is 42.8 Å². The van der Waals surface area contributed by atoms with Gasteiger partial charge in [0, 0.05) is 42.6 Å². The van der Waals surface area contributed by atoms with Crippen LogP contribution in [0.4, 0.5) is 0 Å². The molecule has 10 rings (SSSR count). The zero-order chi connectivity index (χ0) is 45.5. The number of aromatic nitrogens is 3. The molecule has 3 amide bonds. The van der Waals surface area contributed by atoms with E-state index in [0.29, 0.717) is 107 Å². The Morgan fingerprint density at radius 1 is 0.864 bits per heavy atom. The number of rotatable bonds is 14. The number of hydrogen-bond donors (Lipinski definition) is 2. The Kier molecular flexibility index (Phi) is 11.9. The molecule has 2 aliphatic carbocycles. The molecular formula is C50H55N7O9. The third-order valence-corrected chi connectivity index (χ3v) is 13.8. The summed E-state index contributed by atoms with van der Waals surface area (Å²) in [6.45, 7) is 3.22. The molecule has 344 valence electrons. The Bertz CT molecular complexity index is 2690. The van der Waals surface area contributed by atoms with Gasteiger partial charge in [0.25, 0.3) is 5.91 Å². The topological polar surface area (TPSA) is 179 Å². The number of nitrogens with zero attached hydrogens (tertiary/aromatic N) is 5. The van der Waals surface area contributed by atoms with Gasteiger partial charge in [-0.1, -0.05) is 25.0 Å². The number of aromatic amines is 1. The van der Waals surface area contributed by atoms with Gasteiger partial charge in [0.15, 0.2) is 23.0 Å². The summed E-state index contributed by atoms with van der Waals surface area (Å²) in [7, 11) is 4.83. The lowest BCUT2D eigenvalue weighted by atomic mass is 9.73. The smallest absolute Gasteiger partial charge is 0.255 e. The summed E-state index contributed by atoms with van der Waals surface area (Å²) in [5.74, 6) is 3.38. The summed E-state index contributed by atoms with van der Waals surface area (Å²) in [4.78, 5) is 58.1. The minimum Gasteiger partial charge on any atom is -0.497 e. The molecule has 5 heterocycles. The number of hydrazone groups is 1. The minimum absolute atomic E-state index is 0.0227. The highest BCUT2D eigenvalue weighted by Gasteiger charge is 2.44. The molecule has 1 saturated heterocycles. The maximum atomic E-state index is 14.7. The second-order valence-corrected chi connectivity index (χ2v) is 17.9. The molecule has 5 aromatic rings. The molecule has 3 aromatic carbocycles. The highest BCUT2D eigenvalue weighted by molar-refractivity contribution is 6.11. The molecule has 66 heavy (non-hydrogen) atoms. The number of benzene rings is 3. The van der Waals surface area contributed by atoms with Gasteiger partial charge in [0.1, 0.15) is 35.1 Å². The summed E-state index contributed by atoms with van der Waals surface area (Å²) in [5.41, 5.74) is 5.58. The second-order valence-electron chi connectivity index (χ2n) is 17.9. The van der Waals surface area contributed by atoms with Crippen LogP contribution < -0.4 is 33.7 Å². The SMILES string of the molecule is COc1ccc(C[C@H](NC(=O)c2c(C)[nH]c3c(-c4c(OCC5CC5)ccc5c4OCO5)ncnc23)C(=O)N2CCC(N3N=C(c4ccc(OC)c(OC)c4)[C@H]4CCCC[C@H]4C3=O)CC2)cc1. The van der Waals surface area contributed by atoms with Crippen LogP contribution in [0.2, 0.25) is 0 Å². The summed E-state index contributed by atoms with van der Waals surface area (Å²) < 4.78 is 34.6. The van der Waals surface area contributed by atoms with Crippen LogP contribution in [-0.2, 0) is 16.0 Å². The number of piperidine rings is 1. The van der Waals surface area contributed by atoms with Gasteiger partial charge in [-0.15, -0.1) is 0 Å². The molecule has 2 N–H and O–H groups in total. The molecule has 16 nitrogen and oxygen atoms in total. The van der Waals surface area contributed by atoms with E-state index in [9.17, 15) is 14.4 Å². The molecule has 2 saturated carbocycles. The van der Waals surface area contributed by atoms with Gasteiger partial charge in [-0.05, 0) is 99.4 Å². The van der Waals surface area contributed by atoms with Gasteiger partial charge < -0.3 is 43.6 Å². The number of carbonyl (C=O) groups is 3. The fourth-order valence-electron chi connectivity index (χ4n) is 10.1. The van der Waals surface area contributed by atoms with Gasteiger partial charge in [0.05, 0.1) is 56.3 Å². The number of aryl methyl sites for hydroxylation is 1. The Hall–Kier alpha value is -6.84. The Labute approximate surface area is 382 Å². The van der Waals surface area contributed by atoms with E-state index in [1.165, 1.54) is 6.33 Å². The lowest BCUT2D eigenvalue weighted by Gasteiger charge is -2.43. The quantitative estimate of drug-likeness (QED) is 0.119. The highest BCUT2D eigenvalue weighted by atomic mass is 16.7. The molecule has 5 aliphatic rings. The fourth-order valence-corrected chi connectivity index (χ4v) is 10.1. The number of nitrogens with one attached hydrogen (secondary N) is 2. The van der Waals surface area contributed by atoms with Crippen molar-refractivity contribution >= 4 is 34.5 Å². The number of ether oxygens (including phenoxy) is 6. The molecule has 3 atom stereocenters. The van der Waals surface area contributed by atoms with E-state index in [1.807, 2.05) is 54.6 Å². The summed E-state index contributed by atoms with van der Waals surface area (Å²) in [5, 5.41) is 9.94. The van der Waals surface area contributed by atoms with Crippen LogP contribution in [-0.4, -0.2) is 108 Å². The number of carbonyl (C=O) groups excluding carboxylic acids is 3. The van der Waals surface area contributed by atoms with Gasteiger partial charge in [0.2, 0.25) is 18.6 Å². The molecule has 0 unspecified atom stereocenters. The van der Waals surface area contributed by atoms with Crippen LogP contribution in [0.5, 0.6) is 34.5 Å². The monoisotopic (exact) mass is 897 g/mol. The van der Waals surface area contributed by atoms with Crippen LogP contribution in [0, 0.1) is 24.7 Å². The van der Waals surface area contributed by atoms with Crippen LogP contribution in [0.25, 0.3) is 22.3 Å². The Morgan fingerprint density at radius 2 is 1.62 bits per heavy atom. The van der Waals surface area contributed by atoms with E-state index in [4.69, 9.17) is 33.5 Å². The van der Waals surface area contributed by atoms with Crippen molar-refractivity contribution in [2.75, 3.05) is 47.8 Å². The van der Waals surface area contributed by atoms with Gasteiger partial charge in [-0.25, -0.2) is 15.0 Å². The average molecular weight is 898 g/mol. The lowest BCUT2D eigenvalue weighted by Crippen LogP contribution is -2.56. The zero-order valence-corrected chi connectivity index (χ0v) is 37.8. The summed E-state index contributed by atoms with van der Waals surface area (Å²) in [6.07, 6.45) is 8.73. The minimum atomic E-state index is -0.923. The largest absolute Gasteiger partial charge is 0.497 e.